The van der Waals surface area contributed by atoms with Gasteiger partial charge in [-0.25, -0.2) is 0 Å². The van der Waals surface area contributed by atoms with Gasteiger partial charge in [0.1, 0.15) is 0 Å². The Bertz CT molecular complexity index is 595. The van der Waals surface area contributed by atoms with Gasteiger partial charge in [0, 0.05) is 30.3 Å². The van der Waals surface area contributed by atoms with Crippen LogP contribution in [0.25, 0.3) is 0 Å². The Morgan fingerprint density at radius 3 is 2.62 bits per heavy atom. The maximum absolute atomic E-state index is 10.7. The lowest BCUT2D eigenvalue weighted by molar-refractivity contribution is -0.171. The molecule has 2 heterocycles. The van der Waals surface area contributed by atoms with Crippen molar-refractivity contribution in [2.75, 3.05) is 13.2 Å². The van der Waals surface area contributed by atoms with Crippen molar-refractivity contribution in [1.82, 2.24) is 0 Å². The lowest BCUT2D eigenvalue weighted by Gasteiger charge is -2.47. The molecule has 0 amide bonds. The van der Waals surface area contributed by atoms with Crippen molar-refractivity contribution >= 4 is 12.0 Å². The quantitative estimate of drug-likeness (QED) is 0.383. The molecule has 6 atom stereocenters. The largest absolute Gasteiger partial charge is 0.393 e. The zero-order valence-corrected chi connectivity index (χ0v) is 16.9. The molecule has 146 valence electrons. The molecular formula is C21H32O4S. The van der Waals surface area contributed by atoms with E-state index in [1.807, 2.05) is 0 Å². The highest BCUT2D eigenvalue weighted by atomic mass is 32.2. The van der Waals surface area contributed by atoms with Gasteiger partial charge in [-0.15, -0.1) is 0 Å². The average molecular weight is 381 g/mol. The van der Waals surface area contributed by atoms with Crippen LogP contribution >= 0.6 is 12.0 Å². The summed E-state index contributed by atoms with van der Waals surface area (Å²) in [6.07, 6.45) is 10.6. The first-order valence-electron chi connectivity index (χ1n) is 10.5. The van der Waals surface area contributed by atoms with Crippen molar-refractivity contribution < 1.29 is 18.8 Å². The maximum Gasteiger partial charge on any atom is 0.175 e. The Morgan fingerprint density at radius 2 is 1.88 bits per heavy atom. The van der Waals surface area contributed by atoms with Crippen molar-refractivity contribution in [2.45, 2.75) is 82.0 Å². The molecule has 0 aromatic rings. The summed E-state index contributed by atoms with van der Waals surface area (Å²) in [5, 5.41) is 10.7. The van der Waals surface area contributed by atoms with Crippen molar-refractivity contribution in [3.8, 4) is 0 Å². The van der Waals surface area contributed by atoms with Gasteiger partial charge in [0.15, 0.2) is 10.7 Å². The molecule has 3 aliphatic carbocycles. The molecule has 2 saturated carbocycles. The minimum absolute atomic E-state index is 0.0478. The molecule has 1 N–H and O–H groups in total. The molecule has 2 aliphatic heterocycles. The number of hydrogen-bond donors (Lipinski definition) is 1. The monoisotopic (exact) mass is 380 g/mol. The summed E-state index contributed by atoms with van der Waals surface area (Å²) < 4.78 is 18.2. The third-order valence-corrected chi connectivity index (χ3v) is 9.13. The molecule has 0 radical (unpaired) electrons. The first-order chi connectivity index (χ1) is 12.5. The van der Waals surface area contributed by atoms with Gasteiger partial charge in [0.25, 0.3) is 0 Å². The van der Waals surface area contributed by atoms with Crippen LogP contribution in [-0.4, -0.2) is 35.1 Å². The van der Waals surface area contributed by atoms with E-state index in [0.717, 1.165) is 58.2 Å². The van der Waals surface area contributed by atoms with E-state index in [1.54, 1.807) is 12.0 Å². The molecule has 3 unspecified atom stereocenters. The topological polar surface area (TPSA) is 51.2 Å². The molecule has 4 nitrogen and oxygen atoms in total. The molecule has 5 heteroatoms. The van der Waals surface area contributed by atoms with E-state index in [1.165, 1.54) is 12.0 Å². The smallest absolute Gasteiger partial charge is 0.175 e. The zero-order valence-electron chi connectivity index (χ0n) is 16.0. The van der Waals surface area contributed by atoms with Gasteiger partial charge in [0.05, 0.1) is 19.3 Å². The molecule has 0 aromatic heterocycles. The predicted molar refractivity (Wildman–Crippen MR) is 101 cm³/mol. The molecule has 5 rings (SSSR count). The first-order valence-corrected chi connectivity index (χ1v) is 11.3. The standard InChI is InChI=1S/C21H32O4S/c1-14-4-3-8-20(23-12-13-24-20)10-11-21(25-26-21)16-7-9-19(2)15(18(14)16)5-6-17(19)22/h7,14-15,17-18,22H,3-6,8-13H2,1-2H3/t14-,15?,17+,18?,19+,21?/m1/s1. The van der Waals surface area contributed by atoms with Gasteiger partial charge in [-0.3, -0.25) is 4.18 Å². The summed E-state index contributed by atoms with van der Waals surface area (Å²) in [6, 6.07) is 0. The van der Waals surface area contributed by atoms with Crippen molar-refractivity contribution in [3.05, 3.63) is 11.6 Å². The van der Waals surface area contributed by atoms with Gasteiger partial charge in [-0.1, -0.05) is 19.9 Å². The molecule has 26 heavy (non-hydrogen) atoms. The number of allylic oxidation sites excluding steroid dienone is 1. The molecule has 4 fully saturated rings. The highest BCUT2D eigenvalue weighted by Gasteiger charge is 2.61. The number of aliphatic hydroxyl groups excluding tert-OH is 1. The number of hydrogen-bond acceptors (Lipinski definition) is 5. The van der Waals surface area contributed by atoms with Gasteiger partial charge >= 0.3 is 0 Å². The van der Waals surface area contributed by atoms with Crippen molar-refractivity contribution in [3.63, 3.8) is 0 Å². The lowest BCUT2D eigenvalue weighted by atomic mass is 9.59. The fraction of sp³-hybridized carbons (Fsp3) is 0.905. The summed E-state index contributed by atoms with van der Waals surface area (Å²) in [6.45, 7) is 6.18. The lowest BCUT2D eigenvalue weighted by Crippen LogP contribution is -2.44. The van der Waals surface area contributed by atoms with Crippen LogP contribution in [0.5, 0.6) is 0 Å². The summed E-state index contributed by atoms with van der Waals surface area (Å²) >= 11 is 1.65. The van der Waals surface area contributed by atoms with E-state index >= 15 is 0 Å². The number of rotatable bonds is 0. The van der Waals surface area contributed by atoms with E-state index in [4.69, 9.17) is 13.7 Å². The molecular weight excluding hydrogens is 348 g/mol. The summed E-state index contributed by atoms with van der Waals surface area (Å²) in [5.74, 6) is 1.36. The van der Waals surface area contributed by atoms with E-state index in [-0.39, 0.29) is 22.2 Å². The molecule has 0 bridgehead atoms. The van der Waals surface area contributed by atoms with Crippen LogP contribution in [-0.2, 0) is 13.7 Å². The Balaban J connectivity index is 1.48. The Kier molecular flexibility index (Phi) is 4.30. The van der Waals surface area contributed by atoms with Crippen molar-refractivity contribution in [2.24, 2.45) is 23.2 Å². The van der Waals surface area contributed by atoms with Crippen molar-refractivity contribution in [1.29, 1.82) is 0 Å². The minimum Gasteiger partial charge on any atom is -0.393 e. The minimum atomic E-state index is -0.376. The van der Waals surface area contributed by atoms with E-state index in [0.29, 0.717) is 17.8 Å². The maximum atomic E-state index is 10.7. The third-order valence-electron chi connectivity index (χ3n) is 8.12. The summed E-state index contributed by atoms with van der Waals surface area (Å²) in [5.41, 5.74) is 1.56. The Labute approximate surface area is 161 Å². The van der Waals surface area contributed by atoms with E-state index in [9.17, 15) is 5.11 Å². The van der Waals surface area contributed by atoms with E-state index in [2.05, 4.69) is 19.9 Å². The van der Waals surface area contributed by atoms with Crippen LogP contribution in [0.2, 0.25) is 0 Å². The molecule has 2 saturated heterocycles. The second-order valence-corrected chi connectivity index (χ2v) is 10.5. The van der Waals surface area contributed by atoms with Crippen LogP contribution in [0.3, 0.4) is 0 Å². The van der Waals surface area contributed by atoms with Crippen LogP contribution in [0, 0.1) is 23.2 Å². The van der Waals surface area contributed by atoms with Gasteiger partial charge in [0.2, 0.25) is 0 Å². The Morgan fingerprint density at radius 1 is 1.12 bits per heavy atom. The predicted octanol–water partition coefficient (Wildman–Crippen LogP) is 4.43. The SMILES string of the molecule is C[C@@H]1CCCC2(CCC3(OS3)C3=CC[C@@]4(C)C(CC[C@@H]4O)C31)OCCO2. The van der Waals surface area contributed by atoms with Gasteiger partial charge in [-0.2, -0.15) is 0 Å². The average Bonchev–Trinajstić information content (AvgIpc) is 3.17. The van der Waals surface area contributed by atoms with Crippen LogP contribution in [0.4, 0.5) is 0 Å². The third kappa shape index (κ3) is 2.65. The van der Waals surface area contributed by atoms with E-state index < -0.39 is 0 Å². The summed E-state index contributed by atoms with van der Waals surface area (Å²) in [7, 11) is 0. The number of fused-ring (bicyclic) bond motifs is 4. The fourth-order valence-electron chi connectivity index (χ4n) is 6.43. The fourth-order valence-corrected chi connectivity index (χ4v) is 7.21. The highest BCUT2D eigenvalue weighted by Crippen LogP contribution is 2.66. The molecule has 0 aromatic carbocycles. The van der Waals surface area contributed by atoms with Crippen LogP contribution < -0.4 is 0 Å². The second-order valence-electron chi connectivity index (χ2n) is 9.49. The molecule has 5 aliphatic rings. The first kappa shape index (κ1) is 18.0. The van der Waals surface area contributed by atoms with Crippen LogP contribution in [0.1, 0.15) is 65.2 Å². The van der Waals surface area contributed by atoms with Crippen LogP contribution in [0.15, 0.2) is 11.6 Å². The normalized spacial score (nSPS) is 50.3. The highest BCUT2D eigenvalue weighted by molar-refractivity contribution is 8.01. The Hall–Kier alpha value is -0.0700. The van der Waals surface area contributed by atoms with Gasteiger partial charge in [-0.05, 0) is 61.9 Å². The molecule has 2 spiro atoms. The number of aliphatic hydroxyl groups is 1. The van der Waals surface area contributed by atoms with Gasteiger partial charge < -0.3 is 14.6 Å². The number of ether oxygens (including phenoxy) is 2. The zero-order chi connectivity index (χ0) is 18.0. The second kappa shape index (κ2) is 6.21. The summed E-state index contributed by atoms with van der Waals surface area (Å²) in [4.78, 5) is -0.159.